The third-order valence-corrected chi connectivity index (χ3v) is 5.31. The highest BCUT2D eigenvalue weighted by atomic mass is 32.2. The molecular weight excluding hydrogens is 346 g/mol. The molecule has 0 aliphatic rings. The Morgan fingerprint density at radius 3 is 2.65 bits per heavy atom. The first kappa shape index (κ1) is 16.7. The van der Waals surface area contributed by atoms with Gasteiger partial charge in [-0.1, -0.05) is 17.8 Å². The maximum atomic E-state index is 5.21. The zero-order chi connectivity index (χ0) is 18.1. The number of aryl methyl sites for hydroxylation is 1. The smallest absolute Gasteiger partial charge is 0.191 e. The maximum absolute atomic E-state index is 5.21. The minimum absolute atomic E-state index is 0.746. The molecule has 1 aromatic carbocycles. The number of ether oxygens (including phenoxy) is 1. The minimum Gasteiger partial charge on any atom is -0.497 e. The Labute approximate surface area is 155 Å². The highest BCUT2D eigenvalue weighted by Crippen LogP contribution is 2.26. The van der Waals surface area contributed by atoms with Crippen molar-refractivity contribution < 1.29 is 4.74 Å². The molecule has 0 aliphatic heterocycles. The number of pyridine rings is 1. The molecule has 3 heterocycles. The van der Waals surface area contributed by atoms with Gasteiger partial charge in [-0.25, -0.2) is 4.98 Å². The summed E-state index contributed by atoms with van der Waals surface area (Å²) in [6.07, 6.45) is 4.09. The average Bonchev–Trinajstić information content (AvgIpc) is 3.24. The number of fused-ring (bicyclic) bond motifs is 1. The van der Waals surface area contributed by atoms with Gasteiger partial charge in [-0.15, -0.1) is 10.2 Å². The number of methoxy groups -OCH3 is 1. The number of nitrogens with zero attached hydrogens (tertiary/aromatic N) is 5. The SMILES string of the molecule is COc1ccc(-c2nnc(SCc3cn4cccc(C)c4n3)n2C)cc1. The lowest BCUT2D eigenvalue weighted by molar-refractivity contribution is 0.415. The van der Waals surface area contributed by atoms with Gasteiger partial charge < -0.3 is 13.7 Å². The van der Waals surface area contributed by atoms with E-state index in [1.165, 1.54) is 5.56 Å². The summed E-state index contributed by atoms with van der Waals surface area (Å²) in [6.45, 7) is 2.07. The van der Waals surface area contributed by atoms with E-state index in [0.717, 1.165) is 39.4 Å². The molecule has 0 atom stereocenters. The van der Waals surface area contributed by atoms with Gasteiger partial charge >= 0.3 is 0 Å². The summed E-state index contributed by atoms with van der Waals surface area (Å²) in [4.78, 5) is 4.71. The Bertz CT molecular complexity index is 1050. The predicted molar refractivity (Wildman–Crippen MR) is 102 cm³/mol. The molecule has 0 aliphatic carbocycles. The van der Waals surface area contributed by atoms with Gasteiger partial charge in [-0.3, -0.25) is 0 Å². The normalized spacial score (nSPS) is 11.2. The number of rotatable bonds is 5. The maximum Gasteiger partial charge on any atom is 0.191 e. The summed E-state index contributed by atoms with van der Waals surface area (Å²) in [5.74, 6) is 2.41. The van der Waals surface area contributed by atoms with Gasteiger partial charge in [0.05, 0.1) is 12.8 Å². The third kappa shape index (κ3) is 3.06. The van der Waals surface area contributed by atoms with Gasteiger partial charge in [0.15, 0.2) is 11.0 Å². The fourth-order valence-corrected chi connectivity index (χ4v) is 3.64. The number of benzene rings is 1. The zero-order valence-electron chi connectivity index (χ0n) is 14.9. The minimum atomic E-state index is 0.746. The van der Waals surface area contributed by atoms with Crippen molar-refractivity contribution in [3.8, 4) is 17.1 Å². The Morgan fingerprint density at radius 2 is 1.92 bits per heavy atom. The quantitative estimate of drug-likeness (QED) is 0.504. The van der Waals surface area contributed by atoms with E-state index in [4.69, 9.17) is 9.72 Å². The van der Waals surface area contributed by atoms with Crippen LogP contribution >= 0.6 is 11.8 Å². The summed E-state index contributed by atoms with van der Waals surface area (Å²) >= 11 is 1.63. The molecule has 6 nitrogen and oxygen atoms in total. The summed E-state index contributed by atoms with van der Waals surface area (Å²) < 4.78 is 9.27. The first-order valence-corrected chi connectivity index (χ1v) is 9.24. The Morgan fingerprint density at radius 1 is 1.12 bits per heavy atom. The fraction of sp³-hybridized carbons (Fsp3) is 0.211. The Hall–Kier alpha value is -2.80. The van der Waals surface area contributed by atoms with Crippen LogP contribution in [0.3, 0.4) is 0 Å². The van der Waals surface area contributed by atoms with Crippen LogP contribution in [-0.2, 0) is 12.8 Å². The molecule has 3 aromatic heterocycles. The number of hydrogen-bond acceptors (Lipinski definition) is 5. The van der Waals surface area contributed by atoms with Crippen LogP contribution in [0.2, 0.25) is 0 Å². The lowest BCUT2D eigenvalue weighted by Gasteiger charge is -2.04. The molecular formula is C19H19N5OS. The van der Waals surface area contributed by atoms with Crippen LogP contribution in [0.5, 0.6) is 5.75 Å². The first-order chi connectivity index (χ1) is 12.7. The molecule has 4 aromatic rings. The molecule has 26 heavy (non-hydrogen) atoms. The van der Waals surface area contributed by atoms with Crippen molar-refractivity contribution in [2.24, 2.45) is 7.05 Å². The fourth-order valence-electron chi connectivity index (χ4n) is 2.84. The summed E-state index contributed by atoms with van der Waals surface area (Å²) in [5, 5.41) is 9.53. The van der Waals surface area contributed by atoms with Crippen LogP contribution < -0.4 is 4.74 Å². The molecule has 0 unspecified atom stereocenters. The van der Waals surface area contributed by atoms with Crippen molar-refractivity contribution in [3.63, 3.8) is 0 Å². The van der Waals surface area contributed by atoms with Crippen LogP contribution in [0.1, 0.15) is 11.3 Å². The lowest BCUT2D eigenvalue weighted by atomic mass is 10.2. The molecule has 0 fully saturated rings. The first-order valence-electron chi connectivity index (χ1n) is 8.25. The van der Waals surface area contributed by atoms with E-state index in [2.05, 4.69) is 33.8 Å². The van der Waals surface area contributed by atoms with Crippen molar-refractivity contribution >= 4 is 17.4 Å². The summed E-state index contributed by atoms with van der Waals surface area (Å²) in [7, 11) is 3.64. The topological polar surface area (TPSA) is 57.2 Å². The Balaban J connectivity index is 1.53. The van der Waals surface area contributed by atoms with Crippen LogP contribution in [-0.4, -0.2) is 31.3 Å². The summed E-state index contributed by atoms with van der Waals surface area (Å²) in [6, 6.07) is 11.9. The van der Waals surface area contributed by atoms with Gasteiger partial charge in [0.1, 0.15) is 11.4 Å². The zero-order valence-corrected chi connectivity index (χ0v) is 15.7. The van der Waals surface area contributed by atoms with Gasteiger partial charge in [0.2, 0.25) is 0 Å². The molecule has 0 radical (unpaired) electrons. The van der Waals surface area contributed by atoms with E-state index in [9.17, 15) is 0 Å². The van der Waals surface area contributed by atoms with E-state index < -0.39 is 0 Å². The van der Waals surface area contributed by atoms with E-state index >= 15 is 0 Å². The standard InChI is InChI=1S/C19H19N5OS/c1-13-5-4-10-24-11-15(20-17(13)24)12-26-19-22-21-18(23(19)2)14-6-8-16(25-3)9-7-14/h4-11H,12H2,1-3H3. The van der Waals surface area contributed by atoms with Crippen LogP contribution in [0.25, 0.3) is 17.0 Å². The number of aromatic nitrogens is 5. The van der Waals surface area contributed by atoms with Crippen molar-refractivity contribution in [2.75, 3.05) is 7.11 Å². The molecule has 7 heteroatoms. The Kier molecular flexibility index (Phi) is 4.38. The van der Waals surface area contributed by atoms with Crippen molar-refractivity contribution in [3.05, 3.63) is 60.0 Å². The molecule has 0 saturated carbocycles. The van der Waals surface area contributed by atoms with Gasteiger partial charge in [0, 0.05) is 30.8 Å². The molecule has 0 spiro atoms. The second kappa shape index (κ2) is 6.84. The molecule has 0 bridgehead atoms. The van der Waals surface area contributed by atoms with Crippen molar-refractivity contribution in [1.29, 1.82) is 0 Å². The summed E-state index contributed by atoms with van der Waals surface area (Å²) in [5.41, 5.74) is 4.21. The van der Waals surface area contributed by atoms with Crippen molar-refractivity contribution in [1.82, 2.24) is 24.1 Å². The second-order valence-corrected chi connectivity index (χ2v) is 6.98. The number of hydrogen-bond donors (Lipinski definition) is 0. The van der Waals surface area contributed by atoms with E-state index in [-0.39, 0.29) is 0 Å². The lowest BCUT2D eigenvalue weighted by Crippen LogP contribution is -1.95. The largest absolute Gasteiger partial charge is 0.497 e. The predicted octanol–water partition coefficient (Wildman–Crippen LogP) is 3.74. The average molecular weight is 365 g/mol. The third-order valence-electron chi connectivity index (χ3n) is 4.26. The van der Waals surface area contributed by atoms with Crippen LogP contribution in [0.4, 0.5) is 0 Å². The van der Waals surface area contributed by atoms with Crippen LogP contribution in [0, 0.1) is 6.92 Å². The van der Waals surface area contributed by atoms with Crippen molar-refractivity contribution in [2.45, 2.75) is 17.8 Å². The van der Waals surface area contributed by atoms with Crippen LogP contribution in [0.15, 0.2) is 53.9 Å². The van der Waals surface area contributed by atoms with Gasteiger partial charge in [-0.05, 0) is 42.8 Å². The molecule has 4 rings (SSSR count). The van der Waals surface area contributed by atoms with E-state index in [1.807, 2.05) is 48.1 Å². The van der Waals surface area contributed by atoms with E-state index in [1.54, 1.807) is 18.9 Å². The van der Waals surface area contributed by atoms with Gasteiger partial charge in [-0.2, -0.15) is 0 Å². The molecule has 132 valence electrons. The molecule has 0 amide bonds. The highest BCUT2D eigenvalue weighted by Gasteiger charge is 2.12. The second-order valence-electron chi connectivity index (χ2n) is 6.04. The monoisotopic (exact) mass is 365 g/mol. The number of imidazole rings is 1. The molecule has 0 N–H and O–H groups in total. The molecule has 0 saturated heterocycles. The van der Waals surface area contributed by atoms with E-state index in [0.29, 0.717) is 0 Å². The van der Waals surface area contributed by atoms with Gasteiger partial charge in [0.25, 0.3) is 0 Å². The number of thioether (sulfide) groups is 1. The highest BCUT2D eigenvalue weighted by molar-refractivity contribution is 7.98.